The van der Waals surface area contributed by atoms with Crippen molar-refractivity contribution < 1.29 is 9.90 Å². The maximum absolute atomic E-state index is 11.8. The van der Waals surface area contributed by atoms with Gasteiger partial charge in [0, 0.05) is 12.2 Å². The minimum Gasteiger partial charge on any atom is -0.392 e. The zero-order valence-corrected chi connectivity index (χ0v) is 10.3. The van der Waals surface area contributed by atoms with Gasteiger partial charge in [-0.3, -0.25) is 4.79 Å². The molecule has 1 aliphatic rings. The number of nitrogens with zero attached hydrogens (tertiary/aromatic N) is 2. The fourth-order valence-corrected chi connectivity index (χ4v) is 2.12. The van der Waals surface area contributed by atoms with E-state index < -0.39 is 0 Å². The first-order valence-corrected chi connectivity index (χ1v) is 5.73. The van der Waals surface area contributed by atoms with Gasteiger partial charge in [0.05, 0.1) is 12.3 Å². The molecule has 1 atom stereocenters. The highest BCUT2D eigenvalue weighted by Crippen LogP contribution is 2.31. The molecule has 0 fully saturated rings. The molecular formula is C12H17N3O2. The van der Waals surface area contributed by atoms with Crippen LogP contribution in [0.3, 0.4) is 0 Å². The molecule has 0 radical (unpaired) electrons. The molecule has 2 N–H and O–H groups in total. The number of rotatable bonds is 2. The third-order valence-electron chi connectivity index (χ3n) is 2.96. The molecule has 0 spiro atoms. The number of aliphatic hydroxyl groups is 1. The van der Waals surface area contributed by atoms with E-state index in [2.05, 4.69) is 10.3 Å². The van der Waals surface area contributed by atoms with Gasteiger partial charge in [-0.15, -0.1) is 0 Å². The SMILES string of the molecule is CC(C)N1c2ncc(CO)cc2NC(=O)[C@@H]1C. The van der Waals surface area contributed by atoms with E-state index >= 15 is 0 Å². The molecule has 17 heavy (non-hydrogen) atoms. The molecule has 0 saturated heterocycles. The molecule has 2 rings (SSSR count). The molecule has 92 valence electrons. The summed E-state index contributed by atoms with van der Waals surface area (Å²) >= 11 is 0. The van der Waals surface area contributed by atoms with Crippen LogP contribution in [0, 0.1) is 0 Å². The van der Waals surface area contributed by atoms with Crippen molar-refractivity contribution in [3.8, 4) is 0 Å². The molecule has 2 heterocycles. The number of aliphatic hydroxyl groups excluding tert-OH is 1. The molecule has 1 aromatic heterocycles. The predicted octanol–water partition coefficient (Wildman–Crippen LogP) is 1.13. The lowest BCUT2D eigenvalue weighted by atomic mass is 10.1. The Balaban J connectivity index is 2.49. The van der Waals surface area contributed by atoms with Gasteiger partial charge in [-0.2, -0.15) is 0 Å². The van der Waals surface area contributed by atoms with Crippen LogP contribution in [0.15, 0.2) is 12.3 Å². The van der Waals surface area contributed by atoms with Crippen molar-refractivity contribution in [3.63, 3.8) is 0 Å². The van der Waals surface area contributed by atoms with Crippen LogP contribution in [0.4, 0.5) is 11.5 Å². The average Bonchev–Trinajstić information content (AvgIpc) is 2.29. The predicted molar refractivity (Wildman–Crippen MR) is 65.9 cm³/mol. The molecule has 0 bridgehead atoms. The first kappa shape index (κ1) is 11.9. The Morgan fingerprint density at radius 2 is 2.29 bits per heavy atom. The first-order valence-electron chi connectivity index (χ1n) is 5.73. The Morgan fingerprint density at radius 1 is 1.59 bits per heavy atom. The van der Waals surface area contributed by atoms with Gasteiger partial charge in [0.15, 0.2) is 5.82 Å². The maximum Gasteiger partial charge on any atom is 0.246 e. The van der Waals surface area contributed by atoms with Crippen molar-refractivity contribution in [2.75, 3.05) is 10.2 Å². The van der Waals surface area contributed by atoms with Gasteiger partial charge in [-0.05, 0) is 32.4 Å². The summed E-state index contributed by atoms with van der Waals surface area (Å²) in [6.45, 7) is 5.84. The summed E-state index contributed by atoms with van der Waals surface area (Å²) in [6, 6.07) is 1.74. The molecule has 0 unspecified atom stereocenters. The lowest BCUT2D eigenvalue weighted by Gasteiger charge is -2.38. The molecule has 1 amide bonds. The van der Waals surface area contributed by atoms with Crippen molar-refractivity contribution in [1.29, 1.82) is 0 Å². The summed E-state index contributed by atoms with van der Waals surface area (Å²) in [5.41, 5.74) is 1.37. The van der Waals surface area contributed by atoms with Crippen molar-refractivity contribution in [2.24, 2.45) is 0 Å². The molecule has 1 aromatic rings. The quantitative estimate of drug-likeness (QED) is 0.806. The van der Waals surface area contributed by atoms with Crippen molar-refractivity contribution in [2.45, 2.75) is 39.5 Å². The van der Waals surface area contributed by atoms with Crippen LogP contribution in [0.2, 0.25) is 0 Å². The van der Waals surface area contributed by atoms with Crippen LogP contribution < -0.4 is 10.2 Å². The Hall–Kier alpha value is -1.62. The molecule has 0 saturated carbocycles. The average molecular weight is 235 g/mol. The number of carbonyl (C=O) groups is 1. The number of fused-ring (bicyclic) bond motifs is 1. The number of aromatic nitrogens is 1. The zero-order valence-electron chi connectivity index (χ0n) is 10.3. The zero-order chi connectivity index (χ0) is 12.6. The van der Waals surface area contributed by atoms with Crippen LogP contribution >= 0.6 is 0 Å². The number of pyridine rings is 1. The second-order valence-corrected chi connectivity index (χ2v) is 4.54. The minimum absolute atomic E-state index is 0.0388. The van der Waals surface area contributed by atoms with E-state index in [-0.39, 0.29) is 24.6 Å². The Kier molecular flexibility index (Phi) is 3.02. The molecule has 1 aliphatic heterocycles. The maximum atomic E-state index is 11.8. The van der Waals surface area contributed by atoms with Crippen molar-refractivity contribution >= 4 is 17.4 Å². The Bertz CT molecular complexity index is 445. The number of anilines is 2. The third-order valence-corrected chi connectivity index (χ3v) is 2.96. The lowest BCUT2D eigenvalue weighted by molar-refractivity contribution is -0.117. The number of carbonyl (C=O) groups excluding carboxylic acids is 1. The Morgan fingerprint density at radius 3 is 2.88 bits per heavy atom. The summed E-state index contributed by atoms with van der Waals surface area (Å²) in [5.74, 6) is 0.729. The van der Waals surface area contributed by atoms with Gasteiger partial charge in [0.2, 0.25) is 5.91 Å². The standard InChI is InChI=1S/C12H17N3O2/c1-7(2)15-8(3)12(17)14-10-4-9(6-16)5-13-11(10)15/h4-5,7-8,16H,6H2,1-3H3,(H,14,17)/t8-/m0/s1. The van der Waals surface area contributed by atoms with Crippen molar-refractivity contribution in [1.82, 2.24) is 4.98 Å². The van der Waals surface area contributed by atoms with Gasteiger partial charge in [0.25, 0.3) is 0 Å². The van der Waals surface area contributed by atoms with Gasteiger partial charge in [0.1, 0.15) is 6.04 Å². The molecule has 0 aliphatic carbocycles. The Labute approximate surface area is 100 Å². The fraction of sp³-hybridized carbons (Fsp3) is 0.500. The summed E-state index contributed by atoms with van der Waals surface area (Å²) in [4.78, 5) is 18.1. The van der Waals surface area contributed by atoms with Crippen LogP contribution in [0.25, 0.3) is 0 Å². The summed E-state index contributed by atoms with van der Waals surface area (Å²) in [5, 5.41) is 11.9. The smallest absolute Gasteiger partial charge is 0.246 e. The normalized spacial score (nSPS) is 19.2. The van der Waals surface area contributed by atoms with E-state index in [9.17, 15) is 4.79 Å². The number of nitrogens with one attached hydrogen (secondary N) is 1. The summed E-state index contributed by atoms with van der Waals surface area (Å²) < 4.78 is 0. The monoisotopic (exact) mass is 235 g/mol. The second kappa shape index (κ2) is 4.33. The van der Waals surface area contributed by atoms with Gasteiger partial charge in [-0.25, -0.2) is 4.98 Å². The minimum atomic E-state index is -0.227. The fourth-order valence-electron chi connectivity index (χ4n) is 2.12. The molecule has 5 heteroatoms. The van der Waals surface area contributed by atoms with Crippen molar-refractivity contribution in [3.05, 3.63) is 17.8 Å². The molecule has 5 nitrogen and oxygen atoms in total. The third kappa shape index (κ3) is 1.98. The van der Waals surface area contributed by atoms with E-state index in [1.807, 2.05) is 25.7 Å². The second-order valence-electron chi connectivity index (χ2n) is 4.54. The van der Waals surface area contributed by atoms with Gasteiger partial charge >= 0.3 is 0 Å². The van der Waals surface area contributed by atoms with Crippen LogP contribution in [-0.4, -0.2) is 28.1 Å². The summed E-state index contributed by atoms with van der Waals surface area (Å²) in [7, 11) is 0. The van der Waals surface area contributed by atoms with E-state index in [4.69, 9.17) is 5.11 Å². The molecule has 0 aromatic carbocycles. The van der Waals surface area contributed by atoms with Crippen LogP contribution in [-0.2, 0) is 11.4 Å². The van der Waals surface area contributed by atoms with E-state index in [0.29, 0.717) is 11.3 Å². The number of amides is 1. The highest BCUT2D eigenvalue weighted by Gasteiger charge is 2.32. The first-order chi connectivity index (χ1) is 8.04. The topological polar surface area (TPSA) is 65.5 Å². The highest BCUT2D eigenvalue weighted by molar-refractivity contribution is 6.02. The van der Waals surface area contributed by atoms with E-state index in [1.54, 1.807) is 12.3 Å². The van der Waals surface area contributed by atoms with Crippen LogP contribution in [0.5, 0.6) is 0 Å². The molecular weight excluding hydrogens is 218 g/mol. The van der Waals surface area contributed by atoms with E-state index in [1.165, 1.54) is 0 Å². The number of hydrogen-bond donors (Lipinski definition) is 2. The number of hydrogen-bond acceptors (Lipinski definition) is 4. The lowest BCUT2D eigenvalue weighted by Crippen LogP contribution is -2.50. The summed E-state index contributed by atoms with van der Waals surface area (Å²) in [6.07, 6.45) is 1.64. The largest absolute Gasteiger partial charge is 0.392 e. The van der Waals surface area contributed by atoms with Gasteiger partial charge < -0.3 is 15.3 Å². The van der Waals surface area contributed by atoms with Gasteiger partial charge in [-0.1, -0.05) is 0 Å². The van der Waals surface area contributed by atoms with Crippen LogP contribution in [0.1, 0.15) is 26.3 Å². The van der Waals surface area contributed by atoms with E-state index in [0.717, 1.165) is 5.82 Å². The highest BCUT2D eigenvalue weighted by atomic mass is 16.3.